The van der Waals surface area contributed by atoms with Crippen LogP contribution in [0.1, 0.15) is 31.7 Å². The van der Waals surface area contributed by atoms with Crippen LogP contribution in [0.4, 0.5) is 0 Å². The van der Waals surface area contributed by atoms with Crippen LogP contribution in [0.3, 0.4) is 0 Å². The second-order valence-corrected chi connectivity index (χ2v) is 2.81. The fourth-order valence-electron chi connectivity index (χ4n) is 0.971. The molecule has 12 heavy (non-hydrogen) atoms. The van der Waals surface area contributed by atoms with Gasteiger partial charge in [-0.2, -0.15) is 0 Å². The zero-order valence-electron chi connectivity index (χ0n) is 7.18. The van der Waals surface area contributed by atoms with Crippen molar-refractivity contribution < 1.29 is 10.2 Å². The van der Waals surface area contributed by atoms with Gasteiger partial charge in [-0.15, -0.1) is 5.10 Å². The number of rotatable bonds is 3. The lowest BCUT2D eigenvalue weighted by molar-refractivity contribution is 0.171. The Morgan fingerprint density at radius 2 is 2.25 bits per heavy atom. The summed E-state index contributed by atoms with van der Waals surface area (Å²) in [4.78, 5) is 0. The van der Waals surface area contributed by atoms with E-state index >= 15 is 0 Å². The summed E-state index contributed by atoms with van der Waals surface area (Å²) in [5.41, 5.74) is 0.622. The Morgan fingerprint density at radius 3 is 2.75 bits per heavy atom. The van der Waals surface area contributed by atoms with E-state index in [2.05, 4.69) is 10.3 Å². The molecule has 5 heteroatoms. The van der Waals surface area contributed by atoms with Crippen molar-refractivity contribution >= 4 is 0 Å². The average molecular weight is 171 g/mol. The third-order valence-corrected chi connectivity index (χ3v) is 1.71. The number of hydrogen-bond acceptors (Lipinski definition) is 4. The molecule has 68 valence electrons. The van der Waals surface area contributed by atoms with Gasteiger partial charge >= 0.3 is 0 Å². The topological polar surface area (TPSA) is 71.2 Å². The molecule has 0 aromatic carbocycles. The highest BCUT2D eigenvalue weighted by Crippen LogP contribution is 2.13. The van der Waals surface area contributed by atoms with Crippen molar-refractivity contribution in [3.8, 4) is 0 Å². The van der Waals surface area contributed by atoms with Gasteiger partial charge in [-0.1, -0.05) is 5.21 Å². The maximum Gasteiger partial charge on any atom is 0.0945 e. The molecular weight excluding hydrogens is 158 g/mol. The molecule has 0 radical (unpaired) electrons. The van der Waals surface area contributed by atoms with Crippen LogP contribution in [0, 0.1) is 0 Å². The number of aliphatic hydroxyl groups is 2. The number of aliphatic hydroxyl groups excluding tert-OH is 2. The summed E-state index contributed by atoms with van der Waals surface area (Å²) in [6.45, 7) is 3.43. The quantitative estimate of drug-likeness (QED) is 0.665. The molecule has 1 aromatic heterocycles. The number of hydrogen-bond donors (Lipinski definition) is 2. The summed E-state index contributed by atoms with van der Waals surface area (Å²) in [6, 6.07) is -0.142. The Bertz CT molecular complexity index is 247. The van der Waals surface area contributed by atoms with Crippen molar-refractivity contribution in [2.24, 2.45) is 0 Å². The SMILES string of the molecule is CC(CO)n1nncc1[C@@H](C)O. The van der Waals surface area contributed by atoms with Gasteiger partial charge in [-0.05, 0) is 13.8 Å². The molecule has 1 heterocycles. The summed E-state index contributed by atoms with van der Waals surface area (Å²) in [5.74, 6) is 0. The number of nitrogens with zero attached hydrogens (tertiary/aromatic N) is 3. The molecule has 5 nitrogen and oxygen atoms in total. The molecule has 2 atom stereocenters. The Balaban J connectivity index is 2.91. The molecule has 0 aliphatic rings. The highest BCUT2D eigenvalue weighted by Gasteiger charge is 2.13. The Morgan fingerprint density at radius 1 is 1.58 bits per heavy atom. The first-order valence-corrected chi connectivity index (χ1v) is 3.85. The van der Waals surface area contributed by atoms with Crippen molar-refractivity contribution in [2.75, 3.05) is 6.61 Å². The third kappa shape index (κ3) is 1.62. The molecule has 2 N–H and O–H groups in total. The van der Waals surface area contributed by atoms with E-state index in [1.807, 2.05) is 0 Å². The van der Waals surface area contributed by atoms with E-state index < -0.39 is 6.10 Å². The van der Waals surface area contributed by atoms with E-state index in [1.165, 1.54) is 10.9 Å². The van der Waals surface area contributed by atoms with E-state index in [0.29, 0.717) is 5.69 Å². The monoisotopic (exact) mass is 171 g/mol. The minimum Gasteiger partial charge on any atom is -0.394 e. The smallest absolute Gasteiger partial charge is 0.0945 e. The lowest BCUT2D eigenvalue weighted by Crippen LogP contribution is -2.15. The first-order valence-electron chi connectivity index (χ1n) is 3.85. The summed E-state index contributed by atoms with van der Waals surface area (Å²) in [7, 11) is 0. The molecule has 0 aliphatic carbocycles. The minimum atomic E-state index is -0.603. The normalized spacial score (nSPS) is 16.0. The van der Waals surface area contributed by atoms with E-state index in [9.17, 15) is 5.11 Å². The predicted octanol–water partition coefficient (Wildman–Crippen LogP) is -0.115. The average Bonchev–Trinajstić information content (AvgIpc) is 2.50. The van der Waals surface area contributed by atoms with Gasteiger partial charge in [0.25, 0.3) is 0 Å². The molecule has 0 amide bonds. The fraction of sp³-hybridized carbons (Fsp3) is 0.714. The molecule has 1 aromatic rings. The van der Waals surface area contributed by atoms with E-state index in [1.54, 1.807) is 13.8 Å². The van der Waals surface area contributed by atoms with Crippen molar-refractivity contribution in [1.29, 1.82) is 0 Å². The minimum absolute atomic E-state index is 0.0108. The molecule has 1 unspecified atom stereocenters. The first kappa shape index (κ1) is 9.15. The summed E-state index contributed by atoms with van der Waals surface area (Å²) >= 11 is 0. The van der Waals surface area contributed by atoms with Crippen LogP contribution >= 0.6 is 0 Å². The standard InChI is InChI=1S/C7H13N3O2/c1-5(4-11)10-7(6(2)12)3-8-9-10/h3,5-6,11-12H,4H2,1-2H3/t5?,6-/m1/s1. The summed E-state index contributed by atoms with van der Waals surface area (Å²) in [6.07, 6.45) is 0.894. The van der Waals surface area contributed by atoms with Crippen LogP contribution in [0.2, 0.25) is 0 Å². The van der Waals surface area contributed by atoms with Crippen molar-refractivity contribution in [1.82, 2.24) is 15.0 Å². The van der Waals surface area contributed by atoms with Gasteiger partial charge in [0.15, 0.2) is 0 Å². The molecule has 1 rings (SSSR count). The van der Waals surface area contributed by atoms with Gasteiger partial charge in [0.2, 0.25) is 0 Å². The lowest BCUT2D eigenvalue weighted by Gasteiger charge is -2.12. The van der Waals surface area contributed by atoms with E-state index in [0.717, 1.165) is 0 Å². The lowest BCUT2D eigenvalue weighted by atomic mass is 10.3. The van der Waals surface area contributed by atoms with Crippen LogP contribution in [0.15, 0.2) is 6.20 Å². The summed E-state index contributed by atoms with van der Waals surface area (Å²) in [5, 5.41) is 25.5. The maximum atomic E-state index is 9.26. The van der Waals surface area contributed by atoms with E-state index in [-0.39, 0.29) is 12.6 Å². The second kappa shape index (κ2) is 3.64. The molecular formula is C7H13N3O2. The molecule has 0 bridgehead atoms. The zero-order valence-corrected chi connectivity index (χ0v) is 7.18. The molecule has 0 saturated carbocycles. The van der Waals surface area contributed by atoms with Gasteiger partial charge in [0, 0.05) is 0 Å². The highest BCUT2D eigenvalue weighted by molar-refractivity contribution is 4.98. The maximum absolute atomic E-state index is 9.26. The van der Waals surface area contributed by atoms with Crippen molar-refractivity contribution in [3.05, 3.63) is 11.9 Å². The van der Waals surface area contributed by atoms with Crippen LogP contribution in [-0.2, 0) is 0 Å². The van der Waals surface area contributed by atoms with Crippen LogP contribution in [0.25, 0.3) is 0 Å². The van der Waals surface area contributed by atoms with Gasteiger partial charge < -0.3 is 10.2 Å². The molecule has 0 aliphatic heterocycles. The largest absolute Gasteiger partial charge is 0.394 e. The zero-order chi connectivity index (χ0) is 9.14. The predicted molar refractivity (Wildman–Crippen MR) is 42.5 cm³/mol. The Kier molecular flexibility index (Phi) is 2.78. The van der Waals surface area contributed by atoms with E-state index in [4.69, 9.17) is 5.11 Å². The highest BCUT2D eigenvalue weighted by atomic mass is 16.3. The van der Waals surface area contributed by atoms with Crippen LogP contribution in [0.5, 0.6) is 0 Å². The summed E-state index contributed by atoms with van der Waals surface area (Å²) < 4.78 is 1.52. The van der Waals surface area contributed by atoms with Gasteiger partial charge in [0.1, 0.15) is 0 Å². The number of aromatic nitrogens is 3. The van der Waals surface area contributed by atoms with Gasteiger partial charge in [0.05, 0.1) is 30.6 Å². The van der Waals surface area contributed by atoms with Gasteiger partial charge in [-0.3, -0.25) is 0 Å². The van der Waals surface area contributed by atoms with Gasteiger partial charge in [-0.25, -0.2) is 4.68 Å². The Labute approximate surface area is 70.6 Å². The second-order valence-electron chi connectivity index (χ2n) is 2.81. The third-order valence-electron chi connectivity index (χ3n) is 1.71. The van der Waals surface area contributed by atoms with Crippen LogP contribution in [-0.4, -0.2) is 31.8 Å². The fourth-order valence-corrected chi connectivity index (χ4v) is 0.971. The van der Waals surface area contributed by atoms with Crippen LogP contribution < -0.4 is 0 Å². The molecule has 0 spiro atoms. The molecule has 0 saturated heterocycles. The first-order chi connectivity index (χ1) is 5.66. The van der Waals surface area contributed by atoms with Crippen molar-refractivity contribution in [2.45, 2.75) is 26.0 Å². The molecule has 0 fully saturated rings. The van der Waals surface area contributed by atoms with Crippen molar-refractivity contribution in [3.63, 3.8) is 0 Å². The Hall–Kier alpha value is -0.940.